The molecule has 0 radical (unpaired) electrons. The molecule has 0 saturated heterocycles. The van der Waals surface area contributed by atoms with Crippen LogP contribution < -0.4 is 20.2 Å². The van der Waals surface area contributed by atoms with Gasteiger partial charge in [0.2, 0.25) is 5.88 Å². The fourth-order valence-corrected chi connectivity index (χ4v) is 3.17. The molecule has 7 heteroatoms. The third kappa shape index (κ3) is 4.40. The average Bonchev–Trinajstić information content (AvgIpc) is 2.79. The minimum atomic E-state index is -0.775. The molecular weight excluding hydrogens is 382 g/mol. The minimum absolute atomic E-state index is 0.177. The number of rotatable bonds is 9. The Kier molecular flexibility index (Phi) is 6.95. The first-order valence-corrected chi connectivity index (χ1v) is 9.89. The van der Waals surface area contributed by atoms with Crippen LogP contribution in [0, 0.1) is 5.92 Å². The van der Waals surface area contributed by atoms with Crippen LogP contribution in [0.2, 0.25) is 0 Å². The lowest BCUT2D eigenvalue weighted by atomic mass is 9.94. The second-order valence-corrected chi connectivity index (χ2v) is 6.76. The number of nitrogens with zero attached hydrogens (tertiary/aromatic N) is 2. The van der Waals surface area contributed by atoms with Crippen LogP contribution >= 0.6 is 0 Å². The minimum Gasteiger partial charge on any atom is -0.493 e. The summed E-state index contributed by atoms with van der Waals surface area (Å²) in [4.78, 5) is 13.4. The summed E-state index contributed by atoms with van der Waals surface area (Å²) >= 11 is 0. The lowest BCUT2D eigenvalue weighted by Crippen LogP contribution is -2.38. The van der Waals surface area contributed by atoms with E-state index in [2.05, 4.69) is 12.0 Å². The molecule has 0 aromatic heterocycles. The third-order valence-corrected chi connectivity index (χ3v) is 4.75. The topological polar surface area (TPSA) is 86.4 Å². The molecule has 1 atom stereocenters. The normalized spacial score (nSPS) is 15.8. The summed E-state index contributed by atoms with van der Waals surface area (Å²) in [5, 5.41) is 6.10. The number of unbranched alkanes of at least 4 members (excludes halogenated alkanes) is 1. The highest BCUT2D eigenvalue weighted by molar-refractivity contribution is 6.14. The number of ether oxygens (including phenoxy) is 3. The van der Waals surface area contributed by atoms with Crippen LogP contribution in [0.3, 0.4) is 0 Å². The van der Waals surface area contributed by atoms with Gasteiger partial charge in [0.1, 0.15) is 11.8 Å². The molecular formula is C23H27N3O4. The van der Waals surface area contributed by atoms with Gasteiger partial charge < -0.3 is 19.9 Å². The van der Waals surface area contributed by atoms with Gasteiger partial charge >= 0.3 is 0 Å². The first kappa shape index (κ1) is 21.2. The first-order chi connectivity index (χ1) is 14.6. The van der Waals surface area contributed by atoms with E-state index in [4.69, 9.17) is 19.9 Å². The predicted octanol–water partition coefficient (Wildman–Crippen LogP) is 3.95. The van der Waals surface area contributed by atoms with Crippen molar-refractivity contribution in [2.24, 2.45) is 16.8 Å². The van der Waals surface area contributed by atoms with Crippen molar-refractivity contribution < 1.29 is 19.0 Å². The molecule has 0 aliphatic carbocycles. The number of Topliss-reactive ketones (excluding diaryl/α,β-unsaturated/α-hetero) is 1. The highest BCUT2D eigenvalue weighted by Gasteiger charge is 2.32. The number of methoxy groups -OCH3 is 2. The molecule has 0 bridgehead atoms. The molecule has 1 aliphatic heterocycles. The summed E-state index contributed by atoms with van der Waals surface area (Å²) in [5.41, 5.74) is 7.41. The second-order valence-electron chi connectivity index (χ2n) is 6.76. The fourth-order valence-electron chi connectivity index (χ4n) is 3.17. The molecule has 30 heavy (non-hydrogen) atoms. The Balaban J connectivity index is 1.98. The van der Waals surface area contributed by atoms with E-state index in [9.17, 15) is 4.79 Å². The molecule has 7 nitrogen and oxygen atoms in total. The van der Waals surface area contributed by atoms with Crippen molar-refractivity contribution >= 4 is 17.3 Å². The SMILES string of the molecule is CCCCOC1=CC(C(=O)c2cccc(OC)c2OC)C(N)=NN1c1ccccc1. The molecule has 1 unspecified atom stereocenters. The number of benzene rings is 2. The zero-order valence-corrected chi connectivity index (χ0v) is 17.5. The van der Waals surface area contributed by atoms with E-state index in [0.29, 0.717) is 29.6 Å². The van der Waals surface area contributed by atoms with Gasteiger partial charge in [-0.1, -0.05) is 37.6 Å². The van der Waals surface area contributed by atoms with Gasteiger partial charge in [0.05, 0.1) is 32.1 Å². The molecule has 0 amide bonds. The van der Waals surface area contributed by atoms with E-state index in [1.165, 1.54) is 14.2 Å². The smallest absolute Gasteiger partial charge is 0.212 e. The molecule has 2 aromatic carbocycles. The Labute approximate surface area is 176 Å². The summed E-state index contributed by atoms with van der Waals surface area (Å²) in [6.45, 7) is 2.61. The Morgan fingerprint density at radius 2 is 1.87 bits per heavy atom. The Morgan fingerprint density at radius 1 is 1.10 bits per heavy atom. The number of hydrogen-bond donors (Lipinski definition) is 1. The number of carbonyl (C=O) groups is 1. The summed E-state index contributed by atoms with van der Waals surface area (Å²) < 4.78 is 16.7. The van der Waals surface area contributed by atoms with Crippen LogP contribution in [0.1, 0.15) is 30.1 Å². The number of nitrogens with two attached hydrogens (primary N) is 1. The quantitative estimate of drug-likeness (QED) is 0.498. The van der Waals surface area contributed by atoms with Crippen molar-refractivity contribution in [3.05, 3.63) is 66.1 Å². The van der Waals surface area contributed by atoms with Gasteiger partial charge in [0, 0.05) is 0 Å². The van der Waals surface area contributed by atoms with Gasteiger partial charge in [0.15, 0.2) is 17.3 Å². The zero-order chi connectivity index (χ0) is 21.5. The van der Waals surface area contributed by atoms with E-state index >= 15 is 0 Å². The summed E-state index contributed by atoms with van der Waals surface area (Å²) in [6.07, 6.45) is 3.60. The second kappa shape index (κ2) is 9.82. The van der Waals surface area contributed by atoms with Crippen molar-refractivity contribution in [1.29, 1.82) is 0 Å². The lowest BCUT2D eigenvalue weighted by molar-refractivity contribution is 0.0962. The Hall–Kier alpha value is -3.48. The van der Waals surface area contributed by atoms with E-state index in [0.717, 1.165) is 18.5 Å². The summed E-state index contributed by atoms with van der Waals surface area (Å²) in [7, 11) is 3.03. The Morgan fingerprint density at radius 3 is 2.53 bits per heavy atom. The first-order valence-electron chi connectivity index (χ1n) is 9.89. The summed E-state index contributed by atoms with van der Waals surface area (Å²) in [5.74, 6) is 0.480. The molecule has 2 aromatic rings. The number of hydrogen-bond acceptors (Lipinski definition) is 7. The number of carbonyl (C=O) groups excluding carboxylic acids is 1. The third-order valence-electron chi connectivity index (χ3n) is 4.75. The molecule has 0 saturated carbocycles. The van der Waals surface area contributed by atoms with Gasteiger partial charge in [-0.2, -0.15) is 10.1 Å². The van der Waals surface area contributed by atoms with Crippen LogP contribution in [0.5, 0.6) is 11.5 Å². The molecule has 0 spiro atoms. The van der Waals surface area contributed by atoms with E-state index in [-0.39, 0.29) is 11.6 Å². The van der Waals surface area contributed by atoms with E-state index < -0.39 is 5.92 Å². The highest BCUT2D eigenvalue weighted by atomic mass is 16.5. The highest BCUT2D eigenvalue weighted by Crippen LogP contribution is 2.34. The van der Waals surface area contributed by atoms with Gasteiger partial charge in [0.25, 0.3) is 0 Å². The molecule has 2 N–H and O–H groups in total. The van der Waals surface area contributed by atoms with Crippen LogP contribution in [-0.4, -0.2) is 32.4 Å². The van der Waals surface area contributed by atoms with Gasteiger partial charge in [-0.05, 0) is 36.8 Å². The van der Waals surface area contributed by atoms with Crippen molar-refractivity contribution in [1.82, 2.24) is 0 Å². The maximum absolute atomic E-state index is 13.4. The number of anilines is 1. The van der Waals surface area contributed by atoms with Gasteiger partial charge in [-0.15, -0.1) is 0 Å². The predicted molar refractivity (Wildman–Crippen MR) is 117 cm³/mol. The van der Waals surface area contributed by atoms with Crippen LogP contribution in [0.4, 0.5) is 5.69 Å². The maximum Gasteiger partial charge on any atom is 0.212 e. The van der Waals surface area contributed by atoms with Crippen LogP contribution in [0.15, 0.2) is 65.6 Å². The zero-order valence-electron chi connectivity index (χ0n) is 17.5. The molecule has 3 rings (SSSR count). The maximum atomic E-state index is 13.4. The number of ketones is 1. The van der Waals surface area contributed by atoms with Crippen molar-refractivity contribution in [2.45, 2.75) is 19.8 Å². The largest absolute Gasteiger partial charge is 0.493 e. The number of para-hydroxylation sites is 2. The van der Waals surface area contributed by atoms with E-state index in [1.54, 1.807) is 29.3 Å². The summed E-state index contributed by atoms with van der Waals surface area (Å²) in [6, 6.07) is 14.7. The van der Waals surface area contributed by atoms with Crippen LogP contribution in [-0.2, 0) is 4.74 Å². The molecule has 0 fully saturated rings. The van der Waals surface area contributed by atoms with Crippen LogP contribution in [0.25, 0.3) is 0 Å². The monoisotopic (exact) mass is 409 g/mol. The van der Waals surface area contributed by atoms with Gasteiger partial charge in [-0.25, -0.2) is 0 Å². The number of hydrazone groups is 1. The lowest BCUT2D eigenvalue weighted by Gasteiger charge is -2.29. The Bertz CT molecular complexity index is 941. The molecule has 1 heterocycles. The average molecular weight is 409 g/mol. The fraction of sp³-hybridized carbons (Fsp3) is 0.304. The molecule has 158 valence electrons. The standard InChI is InChI=1S/C23H27N3O4/c1-4-5-14-30-20-15-18(23(24)25-26(20)16-10-7-6-8-11-16)21(27)17-12-9-13-19(28-2)22(17)29-3/h6-13,15,18H,4-5,14H2,1-3H3,(H2,24,25). The van der Waals surface area contributed by atoms with E-state index in [1.807, 2.05) is 30.3 Å². The number of amidine groups is 1. The van der Waals surface area contributed by atoms with Crippen molar-refractivity contribution in [3.8, 4) is 11.5 Å². The van der Waals surface area contributed by atoms with Gasteiger partial charge in [-0.3, -0.25) is 4.79 Å². The van der Waals surface area contributed by atoms with Crippen molar-refractivity contribution in [3.63, 3.8) is 0 Å². The molecule has 1 aliphatic rings. The van der Waals surface area contributed by atoms with Crippen molar-refractivity contribution in [2.75, 3.05) is 25.8 Å².